The van der Waals surface area contributed by atoms with E-state index in [0.29, 0.717) is 10.2 Å². The maximum Gasteiger partial charge on any atom is 0.240 e. The third kappa shape index (κ3) is 3.44. The molecule has 0 saturated carbocycles. The highest BCUT2D eigenvalue weighted by Gasteiger charge is 2.15. The van der Waals surface area contributed by atoms with Gasteiger partial charge in [0.2, 0.25) is 10.0 Å². The molecular weight excluding hydrogens is 296 g/mol. The second kappa shape index (κ2) is 5.13. The molecule has 0 aliphatic rings. The minimum atomic E-state index is -3.59. The van der Waals surface area contributed by atoms with Crippen molar-refractivity contribution >= 4 is 31.6 Å². The lowest BCUT2D eigenvalue weighted by molar-refractivity contribution is 0.198. The monoisotopic (exact) mass is 308 g/mol. The summed E-state index contributed by atoms with van der Waals surface area (Å²) in [6.07, 6.45) is -0.730. The number of aliphatic hydroxyl groups is 1. The first-order chi connectivity index (χ1) is 7.33. The fourth-order valence-corrected chi connectivity index (χ4v) is 2.67. The molecule has 0 heterocycles. The third-order valence-electron chi connectivity index (χ3n) is 1.85. The summed E-state index contributed by atoms with van der Waals surface area (Å²) in [5.41, 5.74) is 6.02. The first-order valence-corrected chi connectivity index (χ1v) is 6.83. The first kappa shape index (κ1) is 13.4. The van der Waals surface area contributed by atoms with Gasteiger partial charge in [-0.05, 0) is 41.1 Å². The second-order valence-corrected chi connectivity index (χ2v) is 6.01. The Labute approximate surface area is 103 Å². The van der Waals surface area contributed by atoms with Gasteiger partial charge in [-0.3, -0.25) is 0 Å². The lowest BCUT2D eigenvalue weighted by Gasteiger charge is -2.09. The Balaban J connectivity index is 2.94. The first-order valence-electron chi connectivity index (χ1n) is 4.55. The van der Waals surface area contributed by atoms with Gasteiger partial charge < -0.3 is 10.8 Å². The maximum atomic E-state index is 11.7. The molecule has 1 atom stereocenters. The number of nitrogen functional groups attached to an aromatic ring is 1. The number of hydrogen-bond acceptors (Lipinski definition) is 4. The molecule has 7 heteroatoms. The zero-order valence-electron chi connectivity index (χ0n) is 8.64. The summed E-state index contributed by atoms with van der Waals surface area (Å²) in [6, 6.07) is 4.32. The molecule has 0 amide bonds. The highest BCUT2D eigenvalue weighted by molar-refractivity contribution is 9.10. The normalized spacial score (nSPS) is 13.7. The molecule has 0 radical (unpaired) electrons. The van der Waals surface area contributed by atoms with Crippen LogP contribution >= 0.6 is 15.9 Å². The maximum absolute atomic E-state index is 11.7. The molecule has 0 aliphatic heterocycles. The molecule has 1 aromatic carbocycles. The fourth-order valence-electron chi connectivity index (χ4n) is 0.989. The van der Waals surface area contributed by atoms with Crippen molar-refractivity contribution in [2.24, 2.45) is 0 Å². The Morgan fingerprint density at radius 3 is 2.69 bits per heavy atom. The molecule has 0 saturated heterocycles. The molecule has 0 bridgehead atoms. The lowest BCUT2D eigenvalue weighted by Crippen LogP contribution is -2.30. The zero-order chi connectivity index (χ0) is 12.3. The topological polar surface area (TPSA) is 92.4 Å². The Morgan fingerprint density at radius 1 is 1.56 bits per heavy atom. The van der Waals surface area contributed by atoms with Gasteiger partial charge in [-0.2, -0.15) is 0 Å². The van der Waals surface area contributed by atoms with Crippen molar-refractivity contribution in [3.05, 3.63) is 22.7 Å². The molecule has 16 heavy (non-hydrogen) atoms. The van der Waals surface area contributed by atoms with Gasteiger partial charge in [0.15, 0.2) is 0 Å². The van der Waals surface area contributed by atoms with Crippen molar-refractivity contribution in [2.45, 2.75) is 17.9 Å². The molecule has 0 aromatic heterocycles. The van der Waals surface area contributed by atoms with Crippen LogP contribution in [-0.2, 0) is 10.0 Å². The Hall–Kier alpha value is -0.630. The van der Waals surface area contributed by atoms with E-state index in [1.807, 2.05) is 0 Å². The number of sulfonamides is 1. The number of hydrogen-bond donors (Lipinski definition) is 3. The van der Waals surface area contributed by atoms with Gasteiger partial charge in [-0.25, -0.2) is 13.1 Å². The van der Waals surface area contributed by atoms with Crippen LogP contribution in [0.15, 0.2) is 27.6 Å². The molecule has 0 fully saturated rings. The minimum Gasteiger partial charge on any atom is -0.398 e. The smallest absolute Gasteiger partial charge is 0.240 e. The van der Waals surface area contributed by atoms with Crippen molar-refractivity contribution in [1.82, 2.24) is 4.72 Å². The highest BCUT2D eigenvalue weighted by atomic mass is 79.9. The second-order valence-electron chi connectivity index (χ2n) is 3.38. The number of rotatable bonds is 4. The van der Waals surface area contributed by atoms with Crippen LogP contribution < -0.4 is 10.5 Å². The molecular formula is C9H13BrN2O3S. The number of aliphatic hydroxyl groups excluding tert-OH is 1. The van der Waals surface area contributed by atoms with E-state index in [1.165, 1.54) is 25.1 Å². The Kier molecular flexibility index (Phi) is 4.31. The van der Waals surface area contributed by atoms with Gasteiger partial charge >= 0.3 is 0 Å². The van der Waals surface area contributed by atoms with Gasteiger partial charge in [0.05, 0.1) is 11.0 Å². The summed E-state index contributed by atoms with van der Waals surface area (Å²) < 4.78 is 26.2. The van der Waals surface area contributed by atoms with E-state index in [9.17, 15) is 8.42 Å². The predicted molar refractivity (Wildman–Crippen MR) is 65.4 cm³/mol. The Bertz CT molecular complexity index is 474. The van der Waals surface area contributed by atoms with E-state index in [-0.39, 0.29) is 11.4 Å². The van der Waals surface area contributed by atoms with Crippen molar-refractivity contribution in [3.8, 4) is 0 Å². The van der Waals surface area contributed by atoms with Crippen molar-refractivity contribution in [1.29, 1.82) is 0 Å². The highest BCUT2D eigenvalue weighted by Crippen LogP contribution is 2.22. The van der Waals surface area contributed by atoms with Crippen LogP contribution in [0.3, 0.4) is 0 Å². The van der Waals surface area contributed by atoms with Crippen molar-refractivity contribution < 1.29 is 13.5 Å². The van der Waals surface area contributed by atoms with E-state index in [2.05, 4.69) is 20.7 Å². The summed E-state index contributed by atoms with van der Waals surface area (Å²) in [7, 11) is -3.59. The number of anilines is 1. The molecule has 1 aromatic rings. The fraction of sp³-hybridized carbons (Fsp3) is 0.333. The number of benzene rings is 1. The quantitative estimate of drug-likeness (QED) is 0.714. The summed E-state index contributed by atoms with van der Waals surface area (Å²) in [6.45, 7) is 1.48. The third-order valence-corrected chi connectivity index (χ3v) is 3.96. The number of nitrogens with one attached hydrogen (secondary N) is 1. The van der Waals surface area contributed by atoms with Gasteiger partial charge in [-0.1, -0.05) is 0 Å². The number of halogens is 1. The van der Waals surface area contributed by atoms with Crippen LogP contribution in [0, 0.1) is 0 Å². The zero-order valence-corrected chi connectivity index (χ0v) is 11.0. The Morgan fingerprint density at radius 2 is 2.19 bits per heavy atom. The van der Waals surface area contributed by atoms with Crippen LogP contribution in [0.2, 0.25) is 0 Å². The van der Waals surface area contributed by atoms with E-state index in [1.54, 1.807) is 0 Å². The van der Waals surface area contributed by atoms with E-state index >= 15 is 0 Å². The molecule has 5 nitrogen and oxygen atoms in total. The summed E-state index contributed by atoms with van der Waals surface area (Å²) >= 11 is 3.15. The van der Waals surface area contributed by atoms with Gasteiger partial charge in [-0.15, -0.1) is 0 Å². The SMILES string of the molecule is C[C@@H](O)CNS(=O)(=O)c1ccc(N)c(Br)c1. The van der Waals surface area contributed by atoms with Crippen LogP contribution in [0.1, 0.15) is 6.92 Å². The molecule has 0 aliphatic carbocycles. The predicted octanol–water partition coefficient (Wildman–Crippen LogP) is 0.690. The van der Waals surface area contributed by atoms with E-state index in [4.69, 9.17) is 10.8 Å². The summed E-state index contributed by atoms with van der Waals surface area (Å²) in [5.74, 6) is 0. The standard InChI is InChI=1S/C9H13BrN2O3S/c1-6(13)5-12-16(14,15)7-2-3-9(11)8(10)4-7/h2-4,6,12-13H,5,11H2,1H3/t6-/m1/s1. The van der Waals surface area contributed by atoms with Crippen LogP contribution in [0.25, 0.3) is 0 Å². The summed E-state index contributed by atoms with van der Waals surface area (Å²) in [4.78, 5) is 0.106. The lowest BCUT2D eigenvalue weighted by atomic mass is 10.3. The minimum absolute atomic E-state index is 0.0235. The molecule has 90 valence electrons. The van der Waals surface area contributed by atoms with Gasteiger partial charge in [0, 0.05) is 16.7 Å². The molecule has 0 unspecified atom stereocenters. The van der Waals surface area contributed by atoms with Gasteiger partial charge in [0.25, 0.3) is 0 Å². The largest absolute Gasteiger partial charge is 0.398 e. The van der Waals surface area contributed by atoms with Gasteiger partial charge in [0.1, 0.15) is 0 Å². The molecule has 4 N–H and O–H groups in total. The van der Waals surface area contributed by atoms with Crippen LogP contribution in [-0.4, -0.2) is 26.2 Å². The van der Waals surface area contributed by atoms with Crippen LogP contribution in [0.4, 0.5) is 5.69 Å². The van der Waals surface area contributed by atoms with Crippen molar-refractivity contribution in [2.75, 3.05) is 12.3 Å². The summed E-state index contributed by atoms with van der Waals surface area (Å²) in [5, 5.41) is 9.01. The molecule has 0 spiro atoms. The van der Waals surface area contributed by atoms with Crippen LogP contribution in [0.5, 0.6) is 0 Å². The molecule has 1 rings (SSSR count). The van der Waals surface area contributed by atoms with E-state index in [0.717, 1.165) is 0 Å². The van der Waals surface area contributed by atoms with Crippen molar-refractivity contribution in [3.63, 3.8) is 0 Å². The average molecular weight is 309 g/mol. The number of nitrogens with two attached hydrogens (primary N) is 1. The average Bonchev–Trinajstić information content (AvgIpc) is 2.19. The van der Waals surface area contributed by atoms with E-state index < -0.39 is 16.1 Å².